The van der Waals surface area contributed by atoms with Crippen LogP contribution in [0.1, 0.15) is 33.3 Å². The topological polar surface area (TPSA) is 28.5 Å². The summed E-state index contributed by atoms with van der Waals surface area (Å²) in [7, 11) is 2.09. The standard InChI is InChI=1S/C26H20ClN3OS/c1-28-21-8-4-3-7-20(21)26(32)29-15-14-19-18-6-2-5-9-22(18)30(23(19)24(28)29)25(31)16-10-12-17(27)13-11-16/h2-13,24H,14-15H2,1H3. The minimum Gasteiger partial charge on any atom is -0.349 e. The van der Waals surface area contributed by atoms with Crippen LogP contribution >= 0.6 is 23.8 Å². The highest BCUT2D eigenvalue weighted by atomic mass is 35.5. The van der Waals surface area contributed by atoms with Gasteiger partial charge >= 0.3 is 0 Å². The molecule has 0 saturated carbocycles. The van der Waals surface area contributed by atoms with E-state index in [9.17, 15) is 4.79 Å². The van der Waals surface area contributed by atoms with Gasteiger partial charge in [0.25, 0.3) is 5.91 Å². The number of halogens is 1. The highest BCUT2D eigenvalue weighted by molar-refractivity contribution is 7.80. The van der Waals surface area contributed by atoms with Crippen LogP contribution in [0.5, 0.6) is 0 Å². The molecule has 32 heavy (non-hydrogen) atoms. The Morgan fingerprint density at radius 3 is 2.53 bits per heavy atom. The van der Waals surface area contributed by atoms with Crippen molar-refractivity contribution < 1.29 is 4.79 Å². The van der Waals surface area contributed by atoms with Crippen LogP contribution in [0, 0.1) is 0 Å². The van der Waals surface area contributed by atoms with Crippen LogP contribution < -0.4 is 4.90 Å². The quantitative estimate of drug-likeness (QED) is 0.344. The van der Waals surface area contributed by atoms with Gasteiger partial charge in [0.2, 0.25) is 0 Å². The molecule has 1 atom stereocenters. The SMILES string of the molecule is CN1c2ccccc2C(=S)N2CCc3c(n(C(=O)c4ccc(Cl)cc4)c4ccccc34)C21. The number of hydrogen-bond acceptors (Lipinski definition) is 3. The molecule has 2 aliphatic heterocycles. The molecule has 0 saturated heterocycles. The second kappa shape index (κ2) is 7.19. The zero-order chi connectivity index (χ0) is 22.0. The molecule has 6 heteroatoms. The number of benzene rings is 3. The van der Waals surface area contributed by atoms with Crippen molar-refractivity contribution in [3.05, 3.63) is 100 Å². The zero-order valence-electron chi connectivity index (χ0n) is 17.5. The number of carbonyl (C=O) groups is 1. The third-order valence-corrected chi connectivity index (χ3v) is 7.31. The zero-order valence-corrected chi connectivity index (χ0v) is 19.0. The lowest BCUT2D eigenvalue weighted by molar-refractivity contribution is 0.0955. The molecule has 0 spiro atoms. The van der Waals surface area contributed by atoms with E-state index < -0.39 is 0 Å². The van der Waals surface area contributed by atoms with Crippen LogP contribution in [0.2, 0.25) is 5.02 Å². The number of fused-ring (bicyclic) bond motifs is 6. The van der Waals surface area contributed by atoms with E-state index >= 15 is 0 Å². The van der Waals surface area contributed by atoms with Gasteiger partial charge in [0.05, 0.1) is 11.2 Å². The summed E-state index contributed by atoms with van der Waals surface area (Å²) in [6.07, 6.45) is 0.688. The van der Waals surface area contributed by atoms with Crippen molar-refractivity contribution in [3.8, 4) is 0 Å². The summed E-state index contributed by atoms with van der Waals surface area (Å²) in [5.41, 5.74) is 5.91. The van der Waals surface area contributed by atoms with E-state index in [1.165, 1.54) is 5.56 Å². The fourth-order valence-electron chi connectivity index (χ4n) is 5.16. The predicted molar refractivity (Wildman–Crippen MR) is 133 cm³/mol. The van der Waals surface area contributed by atoms with E-state index in [0.717, 1.165) is 45.8 Å². The van der Waals surface area contributed by atoms with Crippen molar-refractivity contribution in [3.63, 3.8) is 0 Å². The van der Waals surface area contributed by atoms with Crippen molar-refractivity contribution >= 4 is 51.3 Å². The van der Waals surface area contributed by atoms with Crippen molar-refractivity contribution in [1.29, 1.82) is 0 Å². The Balaban J connectivity index is 1.62. The molecule has 0 bridgehead atoms. The number of thiocarbonyl (C=S) groups is 1. The first-order chi connectivity index (χ1) is 15.6. The van der Waals surface area contributed by atoms with Crippen molar-refractivity contribution in [1.82, 2.24) is 9.47 Å². The van der Waals surface area contributed by atoms with Gasteiger partial charge in [-0.3, -0.25) is 9.36 Å². The number of anilines is 1. The van der Waals surface area contributed by atoms with Crippen LogP contribution in [-0.2, 0) is 6.42 Å². The molecule has 2 aliphatic rings. The van der Waals surface area contributed by atoms with Crippen LogP contribution in [0.4, 0.5) is 5.69 Å². The third kappa shape index (κ3) is 2.68. The minimum atomic E-state index is -0.148. The van der Waals surface area contributed by atoms with E-state index in [4.69, 9.17) is 23.8 Å². The molecule has 0 amide bonds. The normalized spacial score (nSPS) is 17.2. The molecule has 158 valence electrons. The Bertz CT molecular complexity index is 1410. The maximum Gasteiger partial charge on any atom is 0.262 e. The summed E-state index contributed by atoms with van der Waals surface area (Å²) < 4.78 is 1.89. The highest BCUT2D eigenvalue weighted by Gasteiger charge is 2.42. The van der Waals surface area contributed by atoms with Crippen molar-refractivity contribution in [2.45, 2.75) is 12.6 Å². The fourth-order valence-corrected chi connectivity index (χ4v) is 5.65. The van der Waals surface area contributed by atoms with Gasteiger partial charge in [0, 0.05) is 40.8 Å². The lowest BCUT2D eigenvalue weighted by Gasteiger charge is -2.48. The molecule has 0 aliphatic carbocycles. The Kier molecular flexibility index (Phi) is 4.39. The molecule has 0 N–H and O–H groups in total. The Hall–Kier alpha value is -3.15. The molecule has 1 aromatic heterocycles. The van der Waals surface area contributed by atoms with E-state index in [0.29, 0.717) is 10.6 Å². The monoisotopic (exact) mass is 457 g/mol. The van der Waals surface area contributed by atoms with E-state index in [-0.39, 0.29) is 12.1 Å². The Morgan fingerprint density at radius 2 is 1.72 bits per heavy atom. The van der Waals surface area contributed by atoms with Gasteiger partial charge in [-0.25, -0.2) is 0 Å². The van der Waals surface area contributed by atoms with Crippen molar-refractivity contribution in [2.75, 3.05) is 18.5 Å². The van der Waals surface area contributed by atoms with Crippen LogP contribution in [0.15, 0.2) is 72.8 Å². The number of para-hydroxylation sites is 2. The first-order valence-corrected chi connectivity index (χ1v) is 11.4. The molecule has 4 aromatic rings. The smallest absolute Gasteiger partial charge is 0.262 e. The lowest BCUT2D eigenvalue weighted by atomic mass is 9.96. The van der Waals surface area contributed by atoms with E-state index in [1.807, 2.05) is 34.9 Å². The van der Waals surface area contributed by atoms with Gasteiger partial charge in [0.1, 0.15) is 11.2 Å². The number of nitrogens with zero attached hydrogens (tertiary/aromatic N) is 3. The highest BCUT2D eigenvalue weighted by Crippen LogP contribution is 2.44. The largest absolute Gasteiger partial charge is 0.349 e. The maximum atomic E-state index is 13.9. The van der Waals surface area contributed by atoms with Crippen LogP contribution in [0.3, 0.4) is 0 Å². The van der Waals surface area contributed by atoms with Crippen LogP contribution in [0.25, 0.3) is 10.9 Å². The third-order valence-electron chi connectivity index (χ3n) is 6.60. The number of hydrogen-bond donors (Lipinski definition) is 0. The summed E-state index contributed by atoms with van der Waals surface area (Å²) >= 11 is 12.0. The maximum absolute atomic E-state index is 13.9. The second-order valence-electron chi connectivity index (χ2n) is 8.28. The van der Waals surface area contributed by atoms with Gasteiger partial charge < -0.3 is 9.80 Å². The average molecular weight is 458 g/mol. The summed E-state index contributed by atoms with van der Waals surface area (Å²) in [5.74, 6) is -0.0563. The molecular formula is C26H20ClN3OS. The molecule has 6 rings (SSSR count). The molecule has 1 unspecified atom stereocenters. The average Bonchev–Trinajstić information content (AvgIpc) is 3.16. The Labute approximate surface area is 196 Å². The predicted octanol–water partition coefficient (Wildman–Crippen LogP) is 5.67. The van der Waals surface area contributed by atoms with Crippen molar-refractivity contribution in [2.24, 2.45) is 0 Å². The summed E-state index contributed by atoms with van der Waals surface area (Å²) in [6, 6.07) is 23.5. The summed E-state index contributed by atoms with van der Waals surface area (Å²) in [5, 5.41) is 1.74. The molecule has 3 heterocycles. The minimum absolute atomic E-state index is 0.0563. The van der Waals surface area contributed by atoms with Gasteiger partial charge in [-0.15, -0.1) is 0 Å². The summed E-state index contributed by atoms with van der Waals surface area (Å²) in [6.45, 7) is 0.818. The van der Waals surface area contributed by atoms with Gasteiger partial charge in [-0.2, -0.15) is 0 Å². The first-order valence-electron chi connectivity index (χ1n) is 10.6. The number of rotatable bonds is 1. The molecular weight excluding hydrogens is 438 g/mol. The molecule has 4 nitrogen and oxygen atoms in total. The molecule has 0 fully saturated rings. The van der Waals surface area contributed by atoms with Gasteiger partial charge in [-0.1, -0.05) is 54.2 Å². The first kappa shape index (κ1) is 19.5. The second-order valence-corrected chi connectivity index (χ2v) is 9.10. The molecule has 3 aromatic carbocycles. The van der Waals surface area contributed by atoms with Crippen LogP contribution in [-0.4, -0.2) is 34.0 Å². The molecule has 0 radical (unpaired) electrons. The van der Waals surface area contributed by atoms with Gasteiger partial charge in [-0.05, 0) is 54.4 Å². The lowest BCUT2D eigenvalue weighted by Crippen LogP contribution is -2.51. The van der Waals surface area contributed by atoms with Gasteiger partial charge in [0.15, 0.2) is 0 Å². The van der Waals surface area contributed by atoms with E-state index in [1.54, 1.807) is 24.3 Å². The summed E-state index contributed by atoms with van der Waals surface area (Å²) in [4.78, 5) is 19.2. The number of aromatic nitrogens is 1. The number of carbonyl (C=O) groups excluding carboxylic acids is 1. The Morgan fingerprint density at radius 1 is 1.00 bits per heavy atom. The van der Waals surface area contributed by atoms with E-state index in [2.05, 4.69) is 35.0 Å². The fraction of sp³-hybridized carbons (Fsp3) is 0.154.